The maximum absolute atomic E-state index is 12.6. The largest absolute Gasteiger partial charge is 0.489 e. The van der Waals surface area contributed by atoms with Crippen molar-refractivity contribution in [2.45, 2.75) is 19.7 Å². The van der Waals surface area contributed by atoms with Gasteiger partial charge in [-0.1, -0.05) is 24.3 Å². The average molecular weight is 406 g/mol. The first-order valence-electron chi connectivity index (χ1n) is 8.50. The molecule has 3 aromatic rings. The van der Waals surface area contributed by atoms with Gasteiger partial charge in [0.25, 0.3) is 5.91 Å². The van der Waals surface area contributed by atoms with Crippen molar-refractivity contribution in [3.05, 3.63) is 70.7 Å². The number of hydrogen-bond acceptors (Lipinski definition) is 4. The molecule has 0 radical (unpaired) electrons. The Kier molecular flexibility index (Phi) is 5.99. The molecule has 0 spiro atoms. The third-order valence-electron chi connectivity index (χ3n) is 3.84. The summed E-state index contributed by atoms with van der Waals surface area (Å²) < 4.78 is 43.5. The lowest BCUT2D eigenvalue weighted by Crippen LogP contribution is -2.22. The van der Waals surface area contributed by atoms with E-state index in [9.17, 15) is 18.0 Å². The predicted molar refractivity (Wildman–Crippen MR) is 101 cm³/mol. The third-order valence-corrected chi connectivity index (χ3v) is 4.73. The first-order valence-corrected chi connectivity index (χ1v) is 9.38. The number of carbonyl (C=O) groups is 1. The van der Waals surface area contributed by atoms with E-state index in [1.165, 1.54) is 23.5 Å². The zero-order chi connectivity index (χ0) is 20.1. The summed E-state index contributed by atoms with van der Waals surface area (Å²) in [6.07, 6.45) is -4.35. The van der Waals surface area contributed by atoms with Crippen LogP contribution in [-0.2, 0) is 12.8 Å². The lowest BCUT2D eigenvalue weighted by Gasteiger charge is -2.09. The van der Waals surface area contributed by atoms with Crippen molar-refractivity contribution in [2.24, 2.45) is 0 Å². The van der Waals surface area contributed by atoms with Crippen LogP contribution in [0.5, 0.6) is 5.75 Å². The maximum atomic E-state index is 12.6. The summed E-state index contributed by atoms with van der Waals surface area (Å²) in [5.41, 5.74) is 1.10. The topological polar surface area (TPSA) is 51.2 Å². The van der Waals surface area contributed by atoms with Gasteiger partial charge >= 0.3 is 6.18 Å². The number of rotatable bonds is 6. The van der Waals surface area contributed by atoms with Crippen molar-refractivity contribution in [3.63, 3.8) is 0 Å². The monoisotopic (exact) mass is 406 g/mol. The number of amides is 1. The van der Waals surface area contributed by atoms with Crippen LogP contribution in [0.4, 0.5) is 13.2 Å². The summed E-state index contributed by atoms with van der Waals surface area (Å²) in [7, 11) is 0. The Bertz CT molecular complexity index is 953. The van der Waals surface area contributed by atoms with Gasteiger partial charge in [-0.3, -0.25) is 4.79 Å². The van der Waals surface area contributed by atoms with Gasteiger partial charge in [0.2, 0.25) is 0 Å². The number of halogens is 3. The van der Waals surface area contributed by atoms with Crippen LogP contribution in [0, 0.1) is 0 Å². The van der Waals surface area contributed by atoms with E-state index in [1.54, 1.807) is 23.6 Å². The number of alkyl halides is 3. The molecule has 0 saturated heterocycles. The van der Waals surface area contributed by atoms with Gasteiger partial charge in [-0.2, -0.15) is 13.2 Å². The Morgan fingerprint density at radius 3 is 2.61 bits per heavy atom. The first-order chi connectivity index (χ1) is 13.4. The summed E-state index contributed by atoms with van der Waals surface area (Å²) in [5.74, 6) is 0.340. The molecular formula is C20H17F3N2O2S. The zero-order valence-electron chi connectivity index (χ0n) is 14.9. The van der Waals surface area contributed by atoms with Crippen molar-refractivity contribution >= 4 is 17.2 Å². The molecule has 4 nitrogen and oxygen atoms in total. The number of thiazole rings is 1. The van der Waals surface area contributed by atoms with Crippen LogP contribution in [-0.4, -0.2) is 17.4 Å². The molecule has 146 valence electrons. The van der Waals surface area contributed by atoms with Crippen LogP contribution in [0.2, 0.25) is 0 Å². The second kappa shape index (κ2) is 8.43. The Morgan fingerprint density at radius 1 is 1.18 bits per heavy atom. The molecule has 1 N–H and O–H groups in total. The minimum absolute atomic E-state index is 0.142. The molecule has 0 saturated carbocycles. The van der Waals surface area contributed by atoms with Gasteiger partial charge < -0.3 is 10.1 Å². The highest BCUT2D eigenvalue weighted by Crippen LogP contribution is 2.30. The third kappa shape index (κ3) is 4.89. The van der Waals surface area contributed by atoms with Gasteiger partial charge in [0.05, 0.1) is 5.56 Å². The van der Waals surface area contributed by atoms with Gasteiger partial charge in [-0.15, -0.1) is 11.3 Å². The minimum atomic E-state index is -4.35. The second-order valence-corrected chi connectivity index (χ2v) is 6.77. The smallest absolute Gasteiger partial charge is 0.416 e. The van der Waals surface area contributed by atoms with E-state index in [-0.39, 0.29) is 12.5 Å². The Hall–Kier alpha value is -2.87. The Labute approximate surface area is 164 Å². The second-order valence-electron chi connectivity index (χ2n) is 5.91. The molecule has 0 fully saturated rings. The van der Waals surface area contributed by atoms with Gasteiger partial charge in [-0.05, 0) is 36.8 Å². The number of nitrogens with zero attached hydrogens (tertiary/aromatic N) is 1. The van der Waals surface area contributed by atoms with E-state index in [1.807, 2.05) is 13.0 Å². The lowest BCUT2D eigenvalue weighted by atomic mass is 10.1. The summed E-state index contributed by atoms with van der Waals surface area (Å²) >= 11 is 1.35. The molecule has 0 aliphatic rings. The van der Waals surface area contributed by atoms with E-state index in [0.29, 0.717) is 28.6 Å². The fourth-order valence-corrected chi connectivity index (χ4v) is 3.23. The molecule has 1 amide bonds. The Morgan fingerprint density at radius 2 is 1.93 bits per heavy atom. The molecule has 28 heavy (non-hydrogen) atoms. The number of ether oxygens (including phenoxy) is 1. The quantitative estimate of drug-likeness (QED) is 0.615. The molecular weight excluding hydrogens is 389 g/mol. The molecule has 2 aromatic carbocycles. The molecule has 0 atom stereocenters. The van der Waals surface area contributed by atoms with Crippen LogP contribution in [0.1, 0.15) is 28.5 Å². The van der Waals surface area contributed by atoms with E-state index in [0.717, 1.165) is 17.7 Å². The van der Waals surface area contributed by atoms with Crippen molar-refractivity contribution < 1.29 is 22.7 Å². The SMILES string of the molecule is CCNC(=O)c1csc(-c2cccc(OCc3ccc(C(F)(F)F)cc3)c2)n1. The normalized spacial score (nSPS) is 11.3. The van der Waals surface area contributed by atoms with E-state index in [2.05, 4.69) is 10.3 Å². The van der Waals surface area contributed by atoms with Crippen molar-refractivity contribution in [1.29, 1.82) is 0 Å². The van der Waals surface area contributed by atoms with Gasteiger partial charge in [0, 0.05) is 17.5 Å². The summed E-state index contributed by atoms with van der Waals surface area (Å²) in [5, 5.41) is 5.07. The average Bonchev–Trinajstić information content (AvgIpc) is 3.17. The van der Waals surface area contributed by atoms with E-state index < -0.39 is 11.7 Å². The highest BCUT2D eigenvalue weighted by Gasteiger charge is 2.29. The van der Waals surface area contributed by atoms with E-state index >= 15 is 0 Å². The van der Waals surface area contributed by atoms with E-state index in [4.69, 9.17) is 4.74 Å². The molecule has 1 heterocycles. The van der Waals surface area contributed by atoms with Gasteiger partial charge in [0.1, 0.15) is 23.1 Å². The number of hydrogen-bond donors (Lipinski definition) is 1. The molecule has 3 rings (SSSR count). The molecule has 1 aromatic heterocycles. The summed E-state index contributed by atoms with van der Waals surface area (Å²) in [4.78, 5) is 16.2. The highest BCUT2D eigenvalue weighted by atomic mass is 32.1. The molecule has 0 aliphatic heterocycles. The van der Waals surface area contributed by atoms with Crippen molar-refractivity contribution in [2.75, 3.05) is 6.54 Å². The summed E-state index contributed by atoms with van der Waals surface area (Å²) in [6, 6.07) is 12.0. The summed E-state index contributed by atoms with van der Waals surface area (Å²) in [6.45, 7) is 2.51. The van der Waals surface area contributed by atoms with Crippen molar-refractivity contribution in [1.82, 2.24) is 10.3 Å². The molecule has 0 bridgehead atoms. The predicted octanol–water partition coefficient (Wildman–Crippen LogP) is 5.16. The Balaban J connectivity index is 1.68. The molecule has 8 heteroatoms. The lowest BCUT2D eigenvalue weighted by molar-refractivity contribution is -0.137. The number of nitrogens with one attached hydrogen (secondary N) is 1. The molecule has 0 aliphatic carbocycles. The number of carbonyl (C=O) groups excluding carboxylic acids is 1. The number of aromatic nitrogens is 1. The van der Waals surface area contributed by atoms with Gasteiger partial charge in [-0.25, -0.2) is 4.98 Å². The maximum Gasteiger partial charge on any atom is 0.416 e. The van der Waals surface area contributed by atoms with Gasteiger partial charge in [0.15, 0.2) is 0 Å². The molecule has 0 unspecified atom stereocenters. The van der Waals surface area contributed by atoms with Crippen molar-refractivity contribution in [3.8, 4) is 16.3 Å². The minimum Gasteiger partial charge on any atom is -0.489 e. The van der Waals surface area contributed by atoms with Crippen LogP contribution >= 0.6 is 11.3 Å². The first kappa shape index (κ1) is 19.9. The van der Waals surface area contributed by atoms with Crippen LogP contribution in [0.25, 0.3) is 10.6 Å². The number of benzene rings is 2. The zero-order valence-corrected chi connectivity index (χ0v) is 15.7. The highest BCUT2D eigenvalue weighted by molar-refractivity contribution is 7.13. The fourth-order valence-electron chi connectivity index (χ4n) is 2.44. The van der Waals surface area contributed by atoms with Crippen LogP contribution in [0.3, 0.4) is 0 Å². The van der Waals surface area contributed by atoms with Crippen LogP contribution < -0.4 is 10.1 Å². The fraction of sp³-hybridized carbons (Fsp3) is 0.200. The van der Waals surface area contributed by atoms with Crippen LogP contribution in [0.15, 0.2) is 53.9 Å². The standard InChI is InChI=1S/C20H17F3N2O2S/c1-2-24-18(26)17-12-28-19(25-17)14-4-3-5-16(10-14)27-11-13-6-8-15(9-7-13)20(21,22)23/h3-10,12H,2,11H2,1H3,(H,24,26).